The zero-order valence-corrected chi connectivity index (χ0v) is 17.6. The van der Waals surface area contributed by atoms with Crippen LogP contribution in [0.25, 0.3) is 10.9 Å². The fourth-order valence-corrected chi connectivity index (χ4v) is 3.76. The highest BCUT2D eigenvalue weighted by Crippen LogP contribution is 2.11. The molecule has 1 aromatic heterocycles. The summed E-state index contributed by atoms with van der Waals surface area (Å²) in [4.78, 5) is 33.8. The van der Waals surface area contributed by atoms with E-state index in [-0.39, 0.29) is 17.8 Å². The summed E-state index contributed by atoms with van der Waals surface area (Å²) in [5, 5.41) is 3.01. The van der Waals surface area contributed by atoms with Gasteiger partial charge in [0.2, 0.25) is 5.91 Å². The third-order valence-corrected chi connectivity index (χ3v) is 5.58. The van der Waals surface area contributed by atoms with E-state index >= 15 is 0 Å². The van der Waals surface area contributed by atoms with E-state index in [0.717, 1.165) is 44.4 Å². The summed E-state index contributed by atoms with van der Waals surface area (Å²) in [6.07, 6.45) is 1.32. The lowest BCUT2D eigenvalue weighted by molar-refractivity contribution is -0.121. The maximum Gasteiger partial charge on any atom is 0.261 e. The van der Waals surface area contributed by atoms with Crippen molar-refractivity contribution in [3.63, 3.8) is 0 Å². The Hall–Kier alpha value is -3.10. The number of piperazine rings is 1. The number of hydrogen-bond donors (Lipinski definition) is 1. The second-order valence-corrected chi connectivity index (χ2v) is 8.02. The van der Waals surface area contributed by atoms with E-state index in [9.17, 15) is 14.0 Å². The largest absolute Gasteiger partial charge is 0.350 e. The second-order valence-electron chi connectivity index (χ2n) is 8.02. The number of fused-ring (bicyclic) bond motifs is 1. The Morgan fingerprint density at radius 3 is 2.68 bits per heavy atom. The zero-order chi connectivity index (χ0) is 21.8. The first-order valence-electron chi connectivity index (χ1n) is 10.4. The molecule has 1 N–H and O–H groups in total. The number of carbonyl (C=O) groups is 1. The molecular weight excluding hydrogens is 397 g/mol. The lowest BCUT2D eigenvalue weighted by Crippen LogP contribution is -2.43. The SMILES string of the molecule is CN1CCN(Cc2cccc(CNC(=O)Cn3cnc4ccc(F)cc4c3=O)c2)CC1. The number of hydrogen-bond acceptors (Lipinski definition) is 5. The van der Waals surface area contributed by atoms with Crippen LogP contribution in [0, 0.1) is 5.82 Å². The molecule has 162 valence electrons. The minimum atomic E-state index is -0.509. The molecule has 0 atom stereocenters. The standard InChI is InChI=1S/C23H26FN5O2/c1-27-7-9-28(10-8-27)14-18-4-2-3-17(11-18)13-25-22(30)15-29-16-26-21-6-5-19(24)12-20(21)23(29)31/h2-6,11-12,16H,7-10,13-15H2,1H3,(H,25,30). The van der Waals surface area contributed by atoms with E-state index in [4.69, 9.17) is 0 Å². The Morgan fingerprint density at radius 1 is 1.10 bits per heavy atom. The highest BCUT2D eigenvalue weighted by molar-refractivity contribution is 5.79. The van der Waals surface area contributed by atoms with Gasteiger partial charge in [0.05, 0.1) is 17.2 Å². The quantitative estimate of drug-likeness (QED) is 0.652. The molecule has 0 saturated carbocycles. The van der Waals surface area contributed by atoms with E-state index in [1.54, 1.807) is 0 Å². The molecule has 1 aliphatic rings. The van der Waals surface area contributed by atoms with Crippen LogP contribution in [-0.2, 0) is 24.4 Å². The average Bonchev–Trinajstić information content (AvgIpc) is 2.76. The van der Waals surface area contributed by atoms with Crippen LogP contribution in [0.2, 0.25) is 0 Å². The van der Waals surface area contributed by atoms with Gasteiger partial charge in [-0.05, 0) is 36.4 Å². The molecule has 8 heteroatoms. The van der Waals surface area contributed by atoms with E-state index in [1.807, 2.05) is 12.1 Å². The maximum atomic E-state index is 13.5. The van der Waals surface area contributed by atoms with Crippen molar-refractivity contribution in [2.24, 2.45) is 0 Å². The fourth-order valence-electron chi connectivity index (χ4n) is 3.76. The summed E-state index contributed by atoms with van der Waals surface area (Å²) >= 11 is 0. The summed E-state index contributed by atoms with van der Waals surface area (Å²) in [7, 11) is 2.14. The van der Waals surface area contributed by atoms with E-state index < -0.39 is 11.4 Å². The highest BCUT2D eigenvalue weighted by atomic mass is 19.1. The van der Waals surface area contributed by atoms with Crippen molar-refractivity contribution in [1.29, 1.82) is 0 Å². The lowest BCUT2D eigenvalue weighted by atomic mass is 10.1. The first-order chi connectivity index (χ1) is 15.0. The van der Waals surface area contributed by atoms with Gasteiger partial charge in [-0.15, -0.1) is 0 Å². The maximum absolute atomic E-state index is 13.5. The molecule has 3 aromatic rings. The monoisotopic (exact) mass is 423 g/mol. The Morgan fingerprint density at radius 2 is 1.87 bits per heavy atom. The van der Waals surface area contributed by atoms with Gasteiger partial charge < -0.3 is 10.2 Å². The average molecular weight is 423 g/mol. The molecule has 2 aromatic carbocycles. The van der Waals surface area contributed by atoms with Gasteiger partial charge in [-0.2, -0.15) is 0 Å². The normalized spacial score (nSPS) is 15.3. The molecule has 31 heavy (non-hydrogen) atoms. The van der Waals surface area contributed by atoms with Crippen LogP contribution in [-0.4, -0.2) is 58.5 Å². The smallest absolute Gasteiger partial charge is 0.261 e. The van der Waals surface area contributed by atoms with Gasteiger partial charge in [-0.25, -0.2) is 9.37 Å². The molecule has 0 unspecified atom stereocenters. The predicted molar refractivity (Wildman–Crippen MR) is 117 cm³/mol. The number of aromatic nitrogens is 2. The number of nitrogens with zero attached hydrogens (tertiary/aromatic N) is 4. The molecular formula is C23H26FN5O2. The number of amides is 1. The predicted octanol–water partition coefficient (Wildman–Crippen LogP) is 1.60. The van der Waals surface area contributed by atoms with Crippen molar-refractivity contribution >= 4 is 16.8 Å². The van der Waals surface area contributed by atoms with Crippen molar-refractivity contribution in [3.05, 3.63) is 76.1 Å². The van der Waals surface area contributed by atoms with Crippen molar-refractivity contribution in [1.82, 2.24) is 24.7 Å². The Bertz CT molecular complexity index is 1140. The number of benzene rings is 2. The van der Waals surface area contributed by atoms with Crippen molar-refractivity contribution in [2.75, 3.05) is 33.2 Å². The van der Waals surface area contributed by atoms with Crippen LogP contribution >= 0.6 is 0 Å². The van der Waals surface area contributed by atoms with Crippen LogP contribution in [0.4, 0.5) is 4.39 Å². The summed E-state index contributed by atoms with van der Waals surface area (Å²) in [5.41, 5.74) is 2.19. The number of nitrogens with one attached hydrogen (secondary N) is 1. The van der Waals surface area contributed by atoms with Gasteiger partial charge in [-0.3, -0.25) is 19.1 Å². The molecule has 0 spiro atoms. The van der Waals surface area contributed by atoms with Crippen molar-refractivity contribution in [2.45, 2.75) is 19.6 Å². The molecule has 1 fully saturated rings. The molecule has 2 heterocycles. The summed E-state index contributed by atoms with van der Waals surface area (Å²) in [6, 6.07) is 12.0. The summed E-state index contributed by atoms with van der Waals surface area (Å²) in [5.74, 6) is -0.811. The number of carbonyl (C=O) groups excluding carboxylic acids is 1. The number of halogens is 1. The highest BCUT2D eigenvalue weighted by Gasteiger charge is 2.14. The molecule has 1 amide bonds. The van der Waals surface area contributed by atoms with Gasteiger partial charge in [0, 0.05) is 39.3 Å². The van der Waals surface area contributed by atoms with Crippen LogP contribution in [0.3, 0.4) is 0 Å². The minimum Gasteiger partial charge on any atom is -0.350 e. The summed E-state index contributed by atoms with van der Waals surface area (Å²) in [6.45, 7) is 5.35. The fraction of sp³-hybridized carbons (Fsp3) is 0.348. The van der Waals surface area contributed by atoms with Gasteiger partial charge >= 0.3 is 0 Å². The first kappa shape index (κ1) is 21.1. The Kier molecular flexibility index (Phi) is 6.39. The lowest BCUT2D eigenvalue weighted by Gasteiger charge is -2.32. The van der Waals surface area contributed by atoms with E-state index in [1.165, 1.54) is 28.6 Å². The van der Waals surface area contributed by atoms with Crippen molar-refractivity contribution in [3.8, 4) is 0 Å². The van der Waals surface area contributed by atoms with Crippen LogP contribution in [0.5, 0.6) is 0 Å². The minimum absolute atomic E-state index is 0.159. The van der Waals surface area contributed by atoms with E-state index in [2.05, 4.69) is 39.3 Å². The van der Waals surface area contributed by atoms with Crippen LogP contribution in [0.15, 0.2) is 53.6 Å². The Balaban J connectivity index is 1.35. The zero-order valence-electron chi connectivity index (χ0n) is 17.6. The third kappa shape index (κ3) is 5.34. The van der Waals surface area contributed by atoms with Gasteiger partial charge in [0.15, 0.2) is 0 Å². The van der Waals surface area contributed by atoms with Crippen LogP contribution in [0.1, 0.15) is 11.1 Å². The molecule has 4 rings (SSSR count). The van der Waals surface area contributed by atoms with Gasteiger partial charge in [-0.1, -0.05) is 24.3 Å². The number of likely N-dealkylation sites (N-methyl/N-ethyl adjacent to an activating group) is 1. The van der Waals surface area contributed by atoms with Gasteiger partial charge in [0.1, 0.15) is 12.4 Å². The third-order valence-electron chi connectivity index (χ3n) is 5.58. The summed E-state index contributed by atoms with van der Waals surface area (Å²) < 4.78 is 14.7. The topological polar surface area (TPSA) is 70.5 Å². The molecule has 7 nitrogen and oxygen atoms in total. The molecule has 0 aliphatic carbocycles. The Labute approximate surface area is 180 Å². The van der Waals surface area contributed by atoms with Crippen molar-refractivity contribution < 1.29 is 9.18 Å². The first-order valence-corrected chi connectivity index (χ1v) is 10.4. The van der Waals surface area contributed by atoms with Crippen LogP contribution < -0.4 is 10.9 Å². The number of rotatable bonds is 6. The van der Waals surface area contributed by atoms with E-state index in [0.29, 0.717) is 12.1 Å². The molecule has 1 aliphatic heterocycles. The molecule has 0 radical (unpaired) electrons. The second kappa shape index (κ2) is 9.36. The molecule has 1 saturated heterocycles. The van der Waals surface area contributed by atoms with Gasteiger partial charge in [0.25, 0.3) is 5.56 Å². The molecule has 0 bridgehead atoms.